The number of carbonyl (C=O) groups is 3. The number of rotatable bonds is 11. The Balaban J connectivity index is 2.37. The van der Waals surface area contributed by atoms with E-state index >= 15 is 0 Å². The molecule has 0 aliphatic rings. The van der Waals surface area contributed by atoms with Crippen molar-refractivity contribution in [1.29, 1.82) is 0 Å². The van der Waals surface area contributed by atoms with Crippen LogP contribution < -0.4 is 10.5 Å². The van der Waals surface area contributed by atoms with E-state index in [1.165, 1.54) is 0 Å². The van der Waals surface area contributed by atoms with Crippen molar-refractivity contribution >= 4 is 28.6 Å². The average molecular weight is 446 g/mol. The van der Waals surface area contributed by atoms with Gasteiger partial charge in [-0.15, -0.1) is 0 Å². The highest BCUT2D eigenvalue weighted by Gasteiger charge is 2.26. The Hall–Kier alpha value is -2.87. The molecule has 0 unspecified atom stereocenters. The smallest absolute Gasteiger partial charge is 0.344 e. The monoisotopic (exact) mass is 445 g/mol. The van der Waals surface area contributed by atoms with Gasteiger partial charge in [0.1, 0.15) is 11.4 Å². The number of aryl methyl sites for hydroxylation is 1. The van der Waals surface area contributed by atoms with Gasteiger partial charge in [0.05, 0.1) is 16.5 Å². The van der Waals surface area contributed by atoms with Crippen LogP contribution in [0.5, 0.6) is 5.75 Å². The summed E-state index contributed by atoms with van der Waals surface area (Å²) in [5, 5.41) is 0.491. The van der Waals surface area contributed by atoms with Gasteiger partial charge in [-0.25, -0.2) is 4.79 Å². The van der Waals surface area contributed by atoms with Gasteiger partial charge in [0.15, 0.2) is 6.61 Å². The first kappa shape index (κ1) is 25.4. The van der Waals surface area contributed by atoms with Crippen molar-refractivity contribution < 1.29 is 23.9 Å². The fraction of sp³-hybridized carbons (Fsp3) is 0.542. The van der Waals surface area contributed by atoms with E-state index in [4.69, 9.17) is 15.2 Å². The molecule has 32 heavy (non-hydrogen) atoms. The maximum Gasteiger partial charge on any atom is 0.344 e. The fourth-order valence-electron chi connectivity index (χ4n) is 3.68. The number of unbranched alkanes of at least 4 members (excludes halogenated alkanes) is 2. The lowest BCUT2D eigenvalue weighted by molar-refractivity contribution is -0.157. The number of esters is 1. The third-order valence-corrected chi connectivity index (χ3v) is 5.02. The van der Waals surface area contributed by atoms with Gasteiger partial charge in [0, 0.05) is 12.2 Å². The minimum absolute atomic E-state index is 0.223. The van der Waals surface area contributed by atoms with Crippen LogP contribution in [0.25, 0.3) is 10.9 Å². The average Bonchev–Trinajstić information content (AvgIpc) is 2.96. The molecule has 2 rings (SSSR count). The SMILES string of the molecule is Cc1c(C(=O)C(N)=O)c2c(OCC(=O)OC(C)(C)C)cccc2n1CCCCCN(C)C. The Kier molecular flexibility index (Phi) is 8.44. The summed E-state index contributed by atoms with van der Waals surface area (Å²) in [6.45, 7) is 8.52. The van der Waals surface area contributed by atoms with Crippen LogP contribution in [0.4, 0.5) is 0 Å². The number of amides is 1. The van der Waals surface area contributed by atoms with Crippen LogP contribution >= 0.6 is 0 Å². The Bertz CT molecular complexity index is 986. The number of carbonyl (C=O) groups excluding carboxylic acids is 3. The Labute approximate surface area is 189 Å². The van der Waals surface area contributed by atoms with Crippen LogP contribution in [0.1, 0.15) is 56.1 Å². The molecule has 8 heteroatoms. The molecule has 2 aromatic rings. The van der Waals surface area contributed by atoms with Crippen molar-refractivity contribution in [2.45, 2.75) is 59.1 Å². The van der Waals surface area contributed by atoms with Crippen molar-refractivity contribution in [2.24, 2.45) is 5.73 Å². The van der Waals surface area contributed by atoms with Crippen molar-refractivity contribution in [3.63, 3.8) is 0 Å². The zero-order chi connectivity index (χ0) is 24.1. The topological polar surface area (TPSA) is 104 Å². The van der Waals surface area contributed by atoms with E-state index in [1.807, 2.05) is 24.7 Å². The molecule has 1 aromatic heterocycles. The van der Waals surface area contributed by atoms with Crippen molar-refractivity contribution in [3.05, 3.63) is 29.5 Å². The summed E-state index contributed by atoms with van der Waals surface area (Å²) >= 11 is 0. The molecule has 0 saturated heterocycles. The van der Waals surface area contributed by atoms with E-state index in [1.54, 1.807) is 39.8 Å². The predicted octanol–water partition coefficient (Wildman–Crippen LogP) is 3.07. The standard InChI is InChI=1S/C24H35N3O5/c1-16-20(22(29)23(25)30)21-17(27(16)14-9-7-8-13-26(5)6)11-10-12-18(21)31-15-19(28)32-24(2,3)4/h10-12H,7-9,13-15H2,1-6H3,(H2,25,30). The first-order valence-electron chi connectivity index (χ1n) is 10.9. The molecular formula is C24H35N3O5. The number of ketones is 1. The maximum absolute atomic E-state index is 12.7. The largest absolute Gasteiger partial charge is 0.481 e. The van der Waals surface area contributed by atoms with Gasteiger partial charge in [0.2, 0.25) is 0 Å². The number of ether oxygens (including phenoxy) is 2. The third-order valence-electron chi connectivity index (χ3n) is 5.02. The second kappa shape index (κ2) is 10.6. The number of aromatic nitrogens is 1. The lowest BCUT2D eigenvalue weighted by Crippen LogP contribution is -2.27. The summed E-state index contributed by atoms with van der Waals surface area (Å²) in [5.74, 6) is -1.98. The molecule has 0 aliphatic carbocycles. The van der Waals surface area contributed by atoms with E-state index < -0.39 is 23.3 Å². The molecule has 1 amide bonds. The van der Waals surface area contributed by atoms with E-state index in [0.717, 1.165) is 31.3 Å². The van der Waals surface area contributed by atoms with Gasteiger partial charge in [-0.1, -0.05) is 12.5 Å². The highest BCUT2D eigenvalue weighted by Crippen LogP contribution is 2.34. The molecule has 1 aromatic carbocycles. The first-order valence-corrected chi connectivity index (χ1v) is 10.9. The van der Waals surface area contributed by atoms with Gasteiger partial charge < -0.3 is 24.7 Å². The first-order chi connectivity index (χ1) is 14.9. The predicted molar refractivity (Wildman–Crippen MR) is 124 cm³/mol. The van der Waals surface area contributed by atoms with Crippen molar-refractivity contribution in [1.82, 2.24) is 9.47 Å². The summed E-state index contributed by atoms with van der Waals surface area (Å²) in [6.07, 6.45) is 3.03. The second-order valence-electron chi connectivity index (χ2n) is 9.19. The Morgan fingerprint density at radius 2 is 1.78 bits per heavy atom. The number of primary amides is 1. The van der Waals surface area contributed by atoms with E-state index in [9.17, 15) is 14.4 Å². The molecule has 1 heterocycles. The van der Waals surface area contributed by atoms with Gasteiger partial charge in [0.25, 0.3) is 11.7 Å². The van der Waals surface area contributed by atoms with Crippen LogP contribution in [0.15, 0.2) is 18.2 Å². The molecule has 2 N–H and O–H groups in total. The quantitative estimate of drug-likeness (QED) is 0.247. The molecule has 0 aliphatic heterocycles. The van der Waals surface area contributed by atoms with E-state index in [-0.39, 0.29) is 12.2 Å². The number of nitrogens with two attached hydrogens (primary N) is 1. The normalized spacial score (nSPS) is 11.7. The zero-order valence-corrected chi connectivity index (χ0v) is 20.0. The minimum Gasteiger partial charge on any atom is -0.481 e. The van der Waals surface area contributed by atoms with Crippen LogP contribution in [0.2, 0.25) is 0 Å². The molecular weight excluding hydrogens is 410 g/mol. The van der Waals surface area contributed by atoms with E-state index in [2.05, 4.69) is 4.90 Å². The number of Topliss-reactive ketones (excluding diaryl/α,β-unsaturated/α-hetero) is 1. The Morgan fingerprint density at radius 3 is 2.38 bits per heavy atom. The Morgan fingerprint density at radius 1 is 1.09 bits per heavy atom. The summed E-state index contributed by atoms with van der Waals surface area (Å²) < 4.78 is 13.0. The molecule has 0 bridgehead atoms. The molecule has 0 fully saturated rings. The molecule has 8 nitrogen and oxygen atoms in total. The van der Waals surface area contributed by atoms with Crippen molar-refractivity contribution in [3.8, 4) is 5.75 Å². The number of hydrogen-bond acceptors (Lipinski definition) is 6. The van der Waals surface area contributed by atoms with E-state index in [0.29, 0.717) is 23.4 Å². The lowest BCUT2D eigenvalue weighted by Gasteiger charge is -2.19. The highest BCUT2D eigenvalue weighted by atomic mass is 16.6. The third kappa shape index (κ3) is 6.56. The lowest BCUT2D eigenvalue weighted by atomic mass is 10.1. The fourth-order valence-corrected chi connectivity index (χ4v) is 3.68. The van der Waals surface area contributed by atoms with Crippen LogP contribution in [0.3, 0.4) is 0 Å². The van der Waals surface area contributed by atoms with Crippen molar-refractivity contribution in [2.75, 3.05) is 27.2 Å². The molecule has 0 atom stereocenters. The number of fused-ring (bicyclic) bond motifs is 1. The van der Waals surface area contributed by atoms with Crippen LogP contribution in [0, 0.1) is 6.92 Å². The number of benzene rings is 1. The van der Waals surface area contributed by atoms with Crippen LogP contribution in [-0.2, 0) is 20.9 Å². The molecule has 0 radical (unpaired) electrons. The zero-order valence-electron chi connectivity index (χ0n) is 20.0. The highest BCUT2D eigenvalue weighted by molar-refractivity contribution is 6.45. The summed E-state index contributed by atoms with van der Waals surface area (Å²) in [6, 6.07) is 5.35. The number of hydrogen-bond donors (Lipinski definition) is 1. The van der Waals surface area contributed by atoms with Crippen LogP contribution in [-0.4, -0.2) is 60.0 Å². The van der Waals surface area contributed by atoms with Gasteiger partial charge in [-0.05, 0) is 73.3 Å². The van der Waals surface area contributed by atoms with Gasteiger partial charge in [-0.2, -0.15) is 0 Å². The molecule has 176 valence electrons. The summed E-state index contributed by atoms with van der Waals surface area (Å²) in [7, 11) is 4.09. The summed E-state index contributed by atoms with van der Waals surface area (Å²) in [4.78, 5) is 38.7. The molecule has 0 saturated carbocycles. The summed E-state index contributed by atoms with van der Waals surface area (Å²) in [5.41, 5.74) is 6.34. The van der Waals surface area contributed by atoms with Gasteiger partial charge in [-0.3, -0.25) is 9.59 Å². The van der Waals surface area contributed by atoms with Gasteiger partial charge >= 0.3 is 5.97 Å². The minimum atomic E-state index is -1.03. The maximum atomic E-state index is 12.7. The number of nitrogens with zero attached hydrogens (tertiary/aromatic N) is 2. The second-order valence-corrected chi connectivity index (χ2v) is 9.19. The molecule has 0 spiro atoms.